The first-order valence-corrected chi connectivity index (χ1v) is 10.5. The number of imide groups is 1. The van der Waals surface area contributed by atoms with Gasteiger partial charge in [0, 0.05) is 19.9 Å². The van der Waals surface area contributed by atoms with Gasteiger partial charge in [-0.05, 0) is 25.0 Å². The molecule has 2 aromatic rings. The Morgan fingerprint density at radius 2 is 2.00 bits per heavy atom. The lowest BCUT2D eigenvalue weighted by Crippen LogP contribution is -2.66. The van der Waals surface area contributed by atoms with Crippen LogP contribution >= 0.6 is 0 Å². The Bertz CT molecular complexity index is 1220. The lowest BCUT2D eigenvalue weighted by atomic mass is 9.55. The van der Waals surface area contributed by atoms with E-state index in [1.165, 1.54) is 9.13 Å². The van der Waals surface area contributed by atoms with Gasteiger partial charge in [-0.25, -0.2) is 4.79 Å². The lowest BCUT2D eigenvalue weighted by molar-refractivity contribution is -0.135. The van der Waals surface area contributed by atoms with Gasteiger partial charge in [-0.1, -0.05) is 23.2 Å². The number of hydrogen-bond donors (Lipinski definition) is 3. The molecule has 12 heteroatoms. The van der Waals surface area contributed by atoms with E-state index >= 15 is 0 Å². The van der Waals surface area contributed by atoms with Gasteiger partial charge in [-0.15, -0.1) is 0 Å². The molecule has 4 rings (SSSR count). The number of ether oxygens (including phenoxy) is 1. The number of nitrogens with one attached hydrogen (secondary N) is 2. The van der Waals surface area contributed by atoms with E-state index in [0.717, 1.165) is 0 Å². The number of aliphatic hydroxyl groups is 1. The second kappa shape index (κ2) is 8.56. The Balaban J connectivity index is 1.57. The topological polar surface area (TPSA) is 115 Å². The van der Waals surface area contributed by atoms with E-state index in [0.29, 0.717) is 16.6 Å². The molecule has 2 amide bonds. The van der Waals surface area contributed by atoms with Crippen molar-refractivity contribution in [3.63, 3.8) is 0 Å². The van der Waals surface area contributed by atoms with E-state index in [4.69, 9.17) is 28.3 Å². The molecular weight excluding hydrogens is 421 g/mol. The zero-order valence-electron chi connectivity index (χ0n) is 18.1. The molecule has 0 spiro atoms. The molecule has 3 atom stereocenters. The summed E-state index contributed by atoms with van der Waals surface area (Å²) < 4.78 is 8.53. The van der Waals surface area contributed by atoms with Crippen molar-refractivity contribution in [2.75, 3.05) is 6.61 Å². The zero-order valence-corrected chi connectivity index (χ0v) is 18.1. The van der Waals surface area contributed by atoms with Gasteiger partial charge in [0.05, 0.1) is 44.0 Å². The van der Waals surface area contributed by atoms with Crippen molar-refractivity contribution in [1.82, 2.24) is 19.8 Å². The number of aromatic nitrogens is 2. The monoisotopic (exact) mass is 442 g/mol. The highest BCUT2D eigenvalue weighted by atomic mass is 16.5. The van der Waals surface area contributed by atoms with E-state index in [9.17, 15) is 19.5 Å². The minimum absolute atomic E-state index is 0.0228. The number of fused-ring (bicyclic) bond motifs is 1. The Kier molecular flexibility index (Phi) is 6.08. The molecular formula is C21H21B3N4O5. The minimum atomic E-state index is -1.75. The van der Waals surface area contributed by atoms with Crippen LogP contribution in [0.1, 0.15) is 37.3 Å². The van der Waals surface area contributed by atoms with Crippen molar-refractivity contribution in [3.05, 3.63) is 34.2 Å². The van der Waals surface area contributed by atoms with Crippen molar-refractivity contribution in [3.8, 4) is 11.8 Å². The number of amides is 2. The van der Waals surface area contributed by atoms with Crippen molar-refractivity contribution >= 4 is 46.4 Å². The van der Waals surface area contributed by atoms with Gasteiger partial charge in [0.15, 0.2) is 0 Å². The number of benzene rings is 1. The van der Waals surface area contributed by atoms with Gasteiger partial charge in [0.1, 0.15) is 20.5 Å². The molecule has 2 aliphatic rings. The molecule has 1 aromatic carbocycles. The highest BCUT2D eigenvalue weighted by molar-refractivity contribution is 6.40. The van der Waals surface area contributed by atoms with Crippen LogP contribution in [-0.2, 0) is 21.4 Å². The predicted molar refractivity (Wildman–Crippen MR) is 123 cm³/mol. The first kappa shape index (κ1) is 23.4. The summed E-state index contributed by atoms with van der Waals surface area (Å²) in [7, 11) is 19.0. The highest BCUT2D eigenvalue weighted by Gasteiger charge is 2.38. The first-order chi connectivity index (χ1) is 15.5. The van der Waals surface area contributed by atoms with E-state index < -0.39 is 29.0 Å². The Morgan fingerprint density at radius 1 is 1.24 bits per heavy atom. The summed E-state index contributed by atoms with van der Waals surface area (Å²) in [6.45, 7) is 0.0228. The van der Waals surface area contributed by atoms with Gasteiger partial charge in [-0.2, -0.15) is 0 Å². The van der Waals surface area contributed by atoms with Gasteiger partial charge in [0.25, 0.3) is 0 Å². The molecule has 0 saturated carbocycles. The number of piperidine rings is 2. The van der Waals surface area contributed by atoms with Crippen LogP contribution in [0.2, 0.25) is 0 Å². The fourth-order valence-electron chi connectivity index (χ4n) is 4.48. The number of para-hydroxylation sites is 1. The maximum absolute atomic E-state index is 12.9. The molecule has 6 radical (unpaired) electrons. The maximum Gasteiger partial charge on any atom is 0.329 e. The molecule has 3 N–H and O–H groups in total. The van der Waals surface area contributed by atoms with Gasteiger partial charge in [0.2, 0.25) is 11.8 Å². The summed E-state index contributed by atoms with van der Waals surface area (Å²) in [6.07, 6.45) is 0.231. The summed E-state index contributed by atoms with van der Waals surface area (Å²) >= 11 is 0. The fraction of sp³-hybridized carbons (Fsp3) is 0.476. The summed E-state index contributed by atoms with van der Waals surface area (Å²) in [5.41, 5.74) is -0.422. The van der Waals surface area contributed by atoms with E-state index in [2.05, 4.69) is 22.5 Å². The summed E-state index contributed by atoms with van der Waals surface area (Å²) in [5.74, 6) is 5.05. The number of imidazole rings is 1. The van der Waals surface area contributed by atoms with Crippen LogP contribution in [0.15, 0.2) is 23.0 Å². The second-order valence-corrected chi connectivity index (χ2v) is 8.58. The molecule has 2 saturated heterocycles. The van der Waals surface area contributed by atoms with Crippen molar-refractivity contribution in [2.24, 2.45) is 7.05 Å². The van der Waals surface area contributed by atoms with Crippen molar-refractivity contribution in [1.29, 1.82) is 0 Å². The average molecular weight is 442 g/mol. The molecule has 0 aliphatic carbocycles. The number of carbonyl (C=O) groups is 2. The Hall–Kier alpha value is -2.74. The van der Waals surface area contributed by atoms with Crippen molar-refractivity contribution < 1.29 is 19.4 Å². The Labute approximate surface area is 194 Å². The molecule has 3 unspecified atom stereocenters. The lowest BCUT2D eigenvalue weighted by Gasteiger charge is -2.46. The SMILES string of the molecule is [B]C1([B])CC(OCC#Cc2cccc3c2n(C)c(=O)n3C2CCC(=O)NC2=O)CC([B])(O)N1. The molecule has 3 heterocycles. The summed E-state index contributed by atoms with van der Waals surface area (Å²) in [4.78, 5) is 36.8. The number of rotatable bonds is 3. The van der Waals surface area contributed by atoms with Crippen LogP contribution in [0.4, 0.5) is 0 Å². The average Bonchev–Trinajstić information content (AvgIpc) is 2.94. The molecule has 1 aromatic heterocycles. The first-order valence-electron chi connectivity index (χ1n) is 10.5. The van der Waals surface area contributed by atoms with Gasteiger partial charge >= 0.3 is 5.69 Å². The predicted octanol–water partition coefficient (Wildman–Crippen LogP) is -1.76. The standard InChI is InChI=1S/C21H21B3N4O5/c1-27-17-12(5-3-9-33-13-10-20(22,23)26-21(24,32)11-13)4-2-6-14(17)28(19(27)31)15-7-8-16(29)25-18(15)30/h2,4,6,13,15,26,32H,7-11H2,1H3,(H,25,29,30). The molecule has 2 aliphatic heterocycles. The van der Waals surface area contributed by atoms with E-state index in [-0.39, 0.29) is 43.9 Å². The van der Waals surface area contributed by atoms with Crippen LogP contribution in [0, 0.1) is 11.8 Å². The number of carbonyl (C=O) groups excluding carboxylic acids is 2. The van der Waals surface area contributed by atoms with Crippen LogP contribution < -0.4 is 16.3 Å². The maximum atomic E-state index is 12.9. The normalized spacial score (nSPS) is 27.1. The largest absolute Gasteiger partial charge is 0.385 e. The second-order valence-electron chi connectivity index (χ2n) is 8.58. The van der Waals surface area contributed by atoms with Crippen LogP contribution in [0.3, 0.4) is 0 Å². The van der Waals surface area contributed by atoms with Crippen LogP contribution in [0.5, 0.6) is 0 Å². The van der Waals surface area contributed by atoms with E-state index in [1.807, 2.05) is 0 Å². The number of aryl methyl sites for hydroxylation is 1. The van der Waals surface area contributed by atoms with Gasteiger partial charge in [-0.3, -0.25) is 24.0 Å². The van der Waals surface area contributed by atoms with E-state index in [1.54, 1.807) is 25.2 Å². The van der Waals surface area contributed by atoms with Crippen LogP contribution in [-0.4, -0.2) is 73.3 Å². The summed E-state index contributed by atoms with van der Waals surface area (Å²) in [5, 5.41) is 13.5. The highest BCUT2D eigenvalue weighted by Crippen LogP contribution is 2.26. The van der Waals surface area contributed by atoms with Gasteiger partial charge < -0.3 is 15.2 Å². The molecule has 164 valence electrons. The fourth-order valence-corrected chi connectivity index (χ4v) is 4.48. The van der Waals surface area contributed by atoms with Crippen LogP contribution in [0.25, 0.3) is 11.0 Å². The zero-order chi connectivity index (χ0) is 24.0. The number of hydrogen-bond acceptors (Lipinski definition) is 6. The third-order valence-corrected chi connectivity index (χ3v) is 5.79. The third-order valence-electron chi connectivity index (χ3n) is 5.79. The molecule has 9 nitrogen and oxygen atoms in total. The number of nitrogens with zero attached hydrogens (tertiary/aromatic N) is 2. The quantitative estimate of drug-likeness (QED) is 0.295. The molecule has 0 bridgehead atoms. The molecule has 33 heavy (non-hydrogen) atoms. The smallest absolute Gasteiger partial charge is 0.329 e. The molecule has 2 fully saturated rings. The van der Waals surface area contributed by atoms with Crippen molar-refractivity contribution in [2.45, 2.75) is 48.8 Å². The third kappa shape index (κ3) is 4.81. The Morgan fingerprint density at radius 3 is 2.70 bits per heavy atom. The minimum Gasteiger partial charge on any atom is -0.385 e. The summed E-state index contributed by atoms with van der Waals surface area (Å²) in [6, 6.07) is 4.47.